The smallest absolute Gasteiger partial charge is 0.316 e. The molecule has 0 radical (unpaired) electrons. The van der Waals surface area contributed by atoms with Crippen molar-refractivity contribution in [2.45, 2.75) is 38.7 Å². The lowest BCUT2D eigenvalue weighted by Gasteiger charge is -2.15. The Kier molecular flexibility index (Phi) is 4.58. The van der Waals surface area contributed by atoms with Crippen molar-refractivity contribution >= 4 is 23.0 Å². The Morgan fingerprint density at radius 1 is 1.03 bits per heavy atom. The fraction of sp³-hybridized carbons (Fsp3) is 0.304. The molecule has 0 unspecified atom stereocenters. The highest BCUT2D eigenvalue weighted by molar-refractivity contribution is 6.07. The van der Waals surface area contributed by atoms with Gasteiger partial charge in [-0.3, -0.25) is 4.79 Å². The zero-order valence-corrected chi connectivity index (χ0v) is 17.0. The van der Waals surface area contributed by atoms with Gasteiger partial charge in [0, 0.05) is 36.5 Å². The van der Waals surface area contributed by atoms with Gasteiger partial charge in [-0.1, -0.05) is 6.07 Å². The average molecular weight is 401 g/mol. The lowest BCUT2D eigenvalue weighted by molar-refractivity contribution is 0.0995. The zero-order chi connectivity index (χ0) is 20.7. The monoisotopic (exact) mass is 401 g/mol. The van der Waals surface area contributed by atoms with Crippen molar-refractivity contribution in [3.8, 4) is 17.1 Å². The number of ether oxygens (including phenoxy) is 1. The number of aromatic nitrogens is 3. The SMILES string of the molecule is CNc1ccc(-c2cnc(Nc3cnc(OC4CC4)nc3)cc2C)c2c1C(=O)CC2. The maximum absolute atomic E-state index is 12.4. The van der Waals surface area contributed by atoms with Crippen LogP contribution in [-0.2, 0) is 6.42 Å². The molecule has 1 saturated carbocycles. The minimum atomic E-state index is 0.203. The summed E-state index contributed by atoms with van der Waals surface area (Å²) in [6, 6.07) is 6.47. The van der Waals surface area contributed by atoms with Crippen LogP contribution in [0, 0.1) is 6.92 Å². The van der Waals surface area contributed by atoms with E-state index >= 15 is 0 Å². The molecule has 7 heteroatoms. The average Bonchev–Trinajstić information content (AvgIpc) is 3.49. The van der Waals surface area contributed by atoms with Crippen LogP contribution in [0.4, 0.5) is 17.2 Å². The Hall–Kier alpha value is -3.48. The van der Waals surface area contributed by atoms with E-state index in [1.165, 1.54) is 0 Å². The van der Waals surface area contributed by atoms with Crippen LogP contribution in [0.25, 0.3) is 11.1 Å². The van der Waals surface area contributed by atoms with Crippen LogP contribution in [0.15, 0.2) is 36.8 Å². The van der Waals surface area contributed by atoms with Crippen molar-refractivity contribution in [1.29, 1.82) is 0 Å². The summed E-state index contributed by atoms with van der Waals surface area (Å²) in [6.07, 6.45) is 9.02. The van der Waals surface area contributed by atoms with Crippen LogP contribution in [0.2, 0.25) is 0 Å². The van der Waals surface area contributed by atoms with Crippen LogP contribution in [0.3, 0.4) is 0 Å². The summed E-state index contributed by atoms with van der Waals surface area (Å²) >= 11 is 0. The predicted molar refractivity (Wildman–Crippen MR) is 116 cm³/mol. The molecule has 5 rings (SSSR count). The first kappa shape index (κ1) is 18.5. The third-order valence-electron chi connectivity index (χ3n) is 5.56. The quantitative estimate of drug-likeness (QED) is 0.636. The predicted octanol–water partition coefficient (Wildman–Crippen LogP) is 4.30. The highest BCUT2D eigenvalue weighted by Crippen LogP contribution is 2.38. The Labute approximate surface area is 174 Å². The molecule has 2 aromatic heterocycles. The van der Waals surface area contributed by atoms with E-state index in [9.17, 15) is 4.79 Å². The van der Waals surface area contributed by atoms with Crippen LogP contribution in [0.1, 0.15) is 40.7 Å². The minimum Gasteiger partial charge on any atom is -0.460 e. The van der Waals surface area contributed by atoms with Crippen LogP contribution in [0.5, 0.6) is 6.01 Å². The molecule has 1 aromatic carbocycles. The Balaban J connectivity index is 1.39. The molecular weight excluding hydrogens is 378 g/mol. The van der Waals surface area contributed by atoms with E-state index < -0.39 is 0 Å². The number of Topliss-reactive ketones (excluding diaryl/α,β-unsaturated/α-hetero) is 1. The van der Waals surface area contributed by atoms with Crippen LogP contribution in [-0.4, -0.2) is 33.9 Å². The van der Waals surface area contributed by atoms with E-state index in [2.05, 4.69) is 38.6 Å². The van der Waals surface area contributed by atoms with E-state index in [4.69, 9.17) is 4.74 Å². The zero-order valence-electron chi connectivity index (χ0n) is 17.0. The number of carbonyl (C=O) groups excluding carboxylic acids is 1. The number of benzene rings is 1. The molecule has 3 aromatic rings. The van der Waals surface area contributed by atoms with Gasteiger partial charge in [-0.05, 0) is 55.0 Å². The third kappa shape index (κ3) is 3.47. The van der Waals surface area contributed by atoms with E-state index in [-0.39, 0.29) is 11.9 Å². The van der Waals surface area contributed by atoms with E-state index in [1.54, 1.807) is 12.4 Å². The first-order valence-corrected chi connectivity index (χ1v) is 10.2. The van der Waals surface area contributed by atoms with Crippen molar-refractivity contribution in [2.75, 3.05) is 17.7 Å². The van der Waals surface area contributed by atoms with Crippen molar-refractivity contribution < 1.29 is 9.53 Å². The maximum Gasteiger partial charge on any atom is 0.316 e. The maximum atomic E-state index is 12.4. The molecule has 2 aliphatic carbocycles. The van der Waals surface area contributed by atoms with Gasteiger partial charge in [0.05, 0.1) is 18.1 Å². The molecule has 30 heavy (non-hydrogen) atoms. The van der Waals surface area contributed by atoms with Gasteiger partial charge in [0.15, 0.2) is 5.78 Å². The number of ketones is 1. The second-order valence-electron chi connectivity index (χ2n) is 7.77. The largest absolute Gasteiger partial charge is 0.460 e. The van der Waals surface area contributed by atoms with Crippen molar-refractivity contribution in [1.82, 2.24) is 15.0 Å². The highest BCUT2D eigenvalue weighted by atomic mass is 16.5. The van der Waals surface area contributed by atoms with Gasteiger partial charge in [0.2, 0.25) is 0 Å². The molecule has 0 atom stereocenters. The number of nitrogens with zero attached hydrogens (tertiary/aromatic N) is 3. The summed E-state index contributed by atoms with van der Waals surface area (Å²) in [6.45, 7) is 2.06. The number of aryl methyl sites for hydroxylation is 1. The molecule has 2 N–H and O–H groups in total. The number of fused-ring (bicyclic) bond motifs is 1. The van der Waals surface area contributed by atoms with Gasteiger partial charge in [0.1, 0.15) is 11.9 Å². The first-order chi connectivity index (χ1) is 14.6. The lowest BCUT2D eigenvalue weighted by Crippen LogP contribution is -2.03. The summed E-state index contributed by atoms with van der Waals surface area (Å²) in [5.74, 6) is 0.921. The molecule has 7 nitrogen and oxygen atoms in total. The summed E-state index contributed by atoms with van der Waals surface area (Å²) in [5, 5.41) is 6.38. The Morgan fingerprint density at radius 2 is 1.83 bits per heavy atom. The van der Waals surface area contributed by atoms with Crippen LogP contribution < -0.4 is 15.4 Å². The van der Waals surface area contributed by atoms with Crippen molar-refractivity contribution in [2.24, 2.45) is 0 Å². The molecule has 1 fully saturated rings. The number of hydrogen-bond donors (Lipinski definition) is 2. The van der Waals surface area contributed by atoms with Crippen LogP contribution >= 0.6 is 0 Å². The molecule has 152 valence electrons. The standard InChI is InChI=1S/C23H23N5O2/c1-13-9-21(28-14-10-26-23(27-11-14)30-15-3-4-15)25-12-18(13)16-5-7-19(24-2)22-17(16)6-8-20(22)29/h5,7,9-12,15,24H,3-4,6,8H2,1-2H3,(H,25,28). The second kappa shape index (κ2) is 7.40. The minimum absolute atomic E-state index is 0.203. The normalized spacial score (nSPS) is 15.1. The molecule has 0 spiro atoms. The number of anilines is 3. The van der Waals surface area contributed by atoms with Gasteiger partial charge < -0.3 is 15.4 Å². The molecule has 0 amide bonds. The van der Waals surface area contributed by atoms with Gasteiger partial charge in [-0.25, -0.2) is 15.0 Å². The van der Waals surface area contributed by atoms with Gasteiger partial charge in [-0.2, -0.15) is 0 Å². The molecule has 2 aliphatic rings. The summed E-state index contributed by atoms with van der Waals surface area (Å²) in [5.41, 5.74) is 6.78. The summed E-state index contributed by atoms with van der Waals surface area (Å²) in [7, 11) is 1.85. The second-order valence-corrected chi connectivity index (χ2v) is 7.77. The topological polar surface area (TPSA) is 89.0 Å². The van der Waals surface area contributed by atoms with E-state index in [1.807, 2.05) is 25.4 Å². The number of pyridine rings is 1. The molecule has 0 bridgehead atoms. The summed E-state index contributed by atoms with van der Waals surface area (Å²) in [4.78, 5) is 25.4. The summed E-state index contributed by atoms with van der Waals surface area (Å²) < 4.78 is 5.58. The number of carbonyl (C=O) groups is 1. The van der Waals surface area contributed by atoms with Crippen molar-refractivity contribution in [3.63, 3.8) is 0 Å². The number of rotatable bonds is 6. The highest BCUT2D eigenvalue weighted by Gasteiger charge is 2.26. The van der Waals surface area contributed by atoms with Crippen molar-refractivity contribution in [3.05, 3.63) is 53.5 Å². The number of hydrogen-bond acceptors (Lipinski definition) is 7. The number of nitrogens with one attached hydrogen (secondary N) is 2. The molecule has 0 aliphatic heterocycles. The molecule has 2 heterocycles. The van der Waals surface area contributed by atoms with Gasteiger partial charge in [0.25, 0.3) is 0 Å². The molecular formula is C23H23N5O2. The first-order valence-electron chi connectivity index (χ1n) is 10.2. The van der Waals surface area contributed by atoms with Gasteiger partial charge >= 0.3 is 6.01 Å². The lowest BCUT2D eigenvalue weighted by atomic mass is 9.94. The Bertz CT molecular complexity index is 1120. The van der Waals surface area contributed by atoms with Gasteiger partial charge in [-0.15, -0.1) is 0 Å². The fourth-order valence-electron chi connectivity index (χ4n) is 3.88. The Morgan fingerprint density at radius 3 is 2.53 bits per heavy atom. The van der Waals surface area contributed by atoms with E-state index in [0.29, 0.717) is 12.4 Å². The molecule has 0 saturated heterocycles. The third-order valence-corrected chi connectivity index (χ3v) is 5.56. The fourth-order valence-corrected chi connectivity index (χ4v) is 3.88. The van der Waals surface area contributed by atoms with E-state index in [0.717, 1.165) is 64.3 Å².